The van der Waals surface area contributed by atoms with Gasteiger partial charge in [0.1, 0.15) is 0 Å². The van der Waals surface area contributed by atoms with Crippen LogP contribution < -0.4 is 5.32 Å². The van der Waals surface area contributed by atoms with Crippen molar-refractivity contribution >= 4 is 28.1 Å². The average molecular weight is 298 g/mol. The largest absolute Gasteiger partial charge is 0.358 e. The van der Waals surface area contributed by atoms with Gasteiger partial charge in [0.2, 0.25) is 0 Å². The first kappa shape index (κ1) is 13.9. The van der Waals surface area contributed by atoms with Gasteiger partial charge in [-0.2, -0.15) is 0 Å². The Bertz CT molecular complexity index is 787. The summed E-state index contributed by atoms with van der Waals surface area (Å²) in [5.41, 5.74) is 4.13. The SMILES string of the molecule is Cc1[nH]c2ccc(C(=O)NC(C)c3cccs3)cc2c1C. The number of hydrogen-bond acceptors (Lipinski definition) is 2. The Morgan fingerprint density at radius 1 is 1.29 bits per heavy atom. The molecule has 1 aromatic carbocycles. The summed E-state index contributed by atoms with van der Waals surface area (Å²) in [6, 6.07) is 9.88. The van der Waals surface area contributed by atoms with Gasteiger partial charge in [0.15, 0.2) is 0 Å². The second-order valence-electron chi connectivity index (χ2n) is 5.35. The normalized spacial score (nSPS) is 12.5. The Morgan fingerprint density at radius 3 is 2.81 bits per heavy atom. The number of benzene rings is 1. The number of fused-ring (bicyclic) bond motifs is 1. The highest BCUT2D eigenvalue weighted by atomic mass is 32.1. The number of nitrogens with one attached hydrogen (secondary N) is 2. The molecule has 1 unspecified atom stereocenters. The molecule has 0 bridgehead atoms. The molecule has 0 aliphatic rings. The minimum atomic E-state index is -0.0314. The molecule has 0 saturated heterocycles. The van der Waals surface area contributed by atoms with Crippen LogP contribution in [0, 0.1) is 13.8 Å². The van der Waals surface area contributed by atoms with Crippen LogP contribution in [0.25, 0.3) is 10.9 Å². The molecule has 2 N–H and O–H groups in total. The number of rotatable bonds is 3. The zero-order valence-electron chi connectivity index (χ0n) is 12.4. The van der Waals surface area contributed by atoms with Gasteiger partial charge in [-0.3, -0.25) is 4.79 Å². The quantitative estimate of drug-likeness (QED) is 0.742. The Hall–Kier alpha value is -2.07. The molecule has 3 aromatic rings. The molecule has 3 rings (SSSR count). The van der Waals surface area contributed by atoms with E-state index in [-0.39, 0.29) is 11.9 Å². The molecule has 2 heterocycles. The molecule has 0 aliphatic heterocycles. The van der Waals surface area contributed by atoms with E-state index in [2.05, 4.69) is 17.2 Å². The molecular weight excluding hydrogens is 280 g/mol. The van der Waals surface area contributed by atoms with Crippen LogP contribution in [0.15, 0.2) is 35.7 Å². The van der Waals surface area contributed by atoms with E-state index in [1.807, 2.05) is 49.6 Å². The summed E-state index contributed by atoms with van der Waals surface area (Å²) in [5.74, 6) is -0.0314. The Morgan fingerprint density at radius 2 is 2.10 bits per heavy atom. The van der Waals surface area contributed by atoms with E-state index in [0.29, 0.717) is 5.56 Å². The summed E-state index contributed by atoms with van der Waals surface area (Å²) >= 11 is 1.66. The average Bonchev–Trinajstić information content (AvgIpc) is 3.08. The summed E-state index contributed by atoms with van der Waals surface area (Å²) < 4.78 is 0. The molecule has 2 aromatic heterocycles. The first-order valence-corrected chi connectivity index (χ1v) is 7.87. The topological polar surface area (TPSA) is 44.9 Å². The highest BCUT2D eigenvalue weighted by molar-refractivity contribution is 7.10. The van der Waals surface area contributed by atoms with Crippen molar-refractivity contribution in [2.24, 2.45) is 0 Å². The molecule has 1 atom stereocenters. The van der Waals surface area contributed by atoms with Crippen molar-refractivity contribution in [3.05, 3.63) is 57.4 Å². The van der Waals surface area contributed by atoms with E-state index in [0.717, 1.165) is 21.5 Å². The predicted molar refractivity (Wildman–Crippen MR) is 88.0 cm³/mol. The van der Waals surface area contributed by atoms with E-state index >= 15 is 0 Å². The molecule has 0 saturated carbocycles. The van der Waals surface area contributed by atoms with Gasteiger partial charge in [0.05, 0.1) is 6.04 Å². The molecule has 0 fully saturated rings. The predicted octanol–water partition coefficient (Wildman–Crippen LogP) is 4.34. The highest BCUT2D eigenvalue weighted by Crippen LogP contribution is 2.23. The third-order valence-corrected chi connectivity index (χ3v) is 4.94. The number of carbonyl (C=O) groups excluding carboxylic acids is 1. The number of amides is 1. The summed E-state index contributed by atoms with van der Waals surface area (Å²) in [6.07, 6.45) is 0. The van der Waals surface area contributed by atoms with Crippen LogP contribution in [-0.2, 0) is 0 Å². The first-order valence-electron chi connectivity index (χ1n) is 6.99. The van der Waals surface area contributed by atoms with E-state index in [1.165, 1.54) is 5.56 Å². The first-order chi connectivity index (χ1) is 10.1. The Labute approximate surface area is 128 Å². The van der Waals surface area contributed by atoms with Gasteiger partial charge in [0, 0.05) is 27.0 Å². The van der Waals surface area contributed by atoms with Crippen LogP contribution in [0.2, 0.25) is 0 Å². The maximum absolute atomic E-state index is 12.4. The van der Waals surface area contributed by atoms with Crippen LogP contribution in [0.3, 0.4) is 0 Å². The van der Waals surface area contributed by atoms with Crippen molar-refractivity contribution in [3.8, 4) is 0 Å². The molecule has 3 nitrogen and oxygen atoms in total. The van der Waals surface area contributed by atoms with Gasteiger partial charge in [0.25, 0.3) is 5.91 Å². The van der Waals surface area contributed by atoms with Gasteiger partial charge in [-0.05, 0) is 56.0 Å². The minimum absolute atomic E-state index is 0.0299. The third kappa shape index (κ3) is 2.59. The van der Waals surface area contributed by atoms with Crippen LogP contribution in [0.5, 0.6) is 0 Å². The van der Waals surface area contributed by atoms with Crippen molar-refractivity contribution in [2.75, 3.05) is 0 Å². The van der Waals surface area contributed by atoms with Gasteiger partial charge < -0.3 is 10.3 Å². The van der Waals surface area contributed by atoms with Crippen LogP contribution >= 0.6 is 11.3 Å². The number of carbonyl (C=O) groups is 1. The fourth-order valence-corrected chi connectivity index (χ4v) is 3.23. The zero-order valence-corrected chi connectivity index (χ0v) is 13.2. The lowest BCUT2D eigenvalue weighted by Gasteiger charge is -2.12. The van der Waals surface area contributed by atoms with E-state index in [9.17, 15) is 4.79 Å². The second kappa shape index (κ2) is 5.37. The number of aromatic amines is 1. The molecule has 0 spiro atoms. The summed E-state index contributed by atoms with van der Waals surface area (Å²) in [5, 5.41) is 6.19. The maximum Gasteiger partial charge on any atom is 0.251 e. The van der Waals surface area contributed by atoms with Crippen LogP contribution in [-0.4, -0.2) is 10.9 Å². The van der Waals surface area contributed by atoms with Gasteiger partial charge in [-0.25, -0.2) is 0 Å². The number of aryl methyl sites for hydroxylation is 2. The lowest BCUT2D eigenvalue weighted by atomic mass is 10.1. The fraction of sp³-hybridized carbons (Fsp3) is 0.235. The molecule has 0 aliphatic carbocycles. The van der Waals surface area contributed by atoms with Gasteiger partial charge in [-0.15, -0.1) is 11.3 Å². The highest BCUT2D eigenvalue weighted by Gasteiger charge is 2.13. The lowest BCUT2D eigenvalue weighted by molar-refractivity contribution is 0.0940. The van der Waals surface area contributed by atoms with Crippen molar-refractivity contribution in [3.63, 3.8) is 0 Å². The molecular formula is C17H18N2OS. The van der Waals surface area contributed by atoms with Crippen molar-refractivity contribution in [1.29, 1.82) is 0 Å². The van der Waals surface area contributed by atoms with E-state index < -0.39 is 0 Å². The van der Waals surface area contributed by atoms with Crippen LogP contribution in [0.1, 0.15) is 39.5 Å². The Kier molecular flexibility index (Phi) is 3.55. The summed E-state index contributed by atoms with van der Waals surface area (Å²) in [7, 11) is 0. The standard InChI is InChI=1S/C17H18N2OS/c1-10-11(2)18-15-7-6-13(9-14(10)15)17(20)19-12(3)16-5-4-8-21-16/h4-9,12,18H,1-3H3,(H,19,20). The second-order valence-corrected chi connectivity index (χ2v) is 6.33. The van der Waals surface area contributed by atoms with Crippen LogP contribution in [0.4, 0.5) is 0 Å². The van der Waals surface area contributed by atoms with E-state index in [4.69, 9.17) is 0 Å². The van der Waals surface area contributed by atoms with Gasteiger partial charge >= 0.3 is 0 Å². The number of H-pyrrole nitrogens is 1. The summed E-state index contributed by atoms with van der Waals surface area (Å²) in [4.78, 5) is 16.9. The number of aromatic nitrogens is 1. The Balaban J connectivity index is 1.86. The smallest absolute Gasteiger partial charge is 0.251 e. The lowest BCUT2D eigenvalue weighted by Crippen LogP contribution is -2.26. The van der Waals surface area contributed by atoms with E-state index in [1.54, 1.807) is 11.3 Å². The third-order valence-electron chi connectivity index (χ3n) is 3.89. The monoisotopic (exact) mass is 298 g/mol. The number of hydrogen-bond donors (Lipinski definition) is 2. The molecule has 1 amide bonds. The molecule has 108 valence electrons. The molecule has 21 heavy (non-hydrogen) atoms. The zero-order chi connectivity index (χ0) is 15.0. The van der Waals surface area contributed by atoms with Crippen molar-refractivity contribution in [1.82, 2.24) is 10.3 Å². The van der Waals surface area contributed by atoms with Crippen molar-refractivity contribution in [2.45, 2.75) is 26.8 Å². The summed E-state index contributed by atoms with van der Waals surface area (Å²) in [6.45, 7) is 6.13. The fourth-order valence-electron chi connectivity index (χ4n) is 2.49. The maximum atomic E-state index is 12.4. The van der Waals surface area contributed by atoms with Crippen molar-refractivity contribution < 1.29 is 4.79 Å². The van der Waals surface area contributed by atoms with Gasteiger partial charge in [-0.1, -0.05) is 6.07 Å². The minimum Gasteiger partial charge on any atom is -0.358 e. The number of thiophene rings is 1. The molecule has 0 radical (unpaired) electrons. The molecule has 4 heteroatoms.